The third-order valence-corrected chi connectivity index (χ3v) is 7.73. The average molecular weight is 222 g/mol. The van der Waals surface area contributed by atoms with Crippen LogP contribution in [0.1, 0.15) is 27.2 Å². The van der Waals surface area contributed by atoms with Crippen molar-refractivity contribution in [3.63, 3.8) is 0 Å². The van der Waals surface area contributed by atoms with E-state index in [1.807, 2.05) is 18.2 Å². The highest BCUT2D eigenvalue weighted by Crippen LogP contribution is 2.26. The fraction of sp³-hybridized carbons (Fsp3) is 0.538. The van der Waals surface area contributed by atoms with Gasteiger partial charge in [0.1, 0.15) is 5.75 Å². The van der Waals surface area contributed by atoms with Gasteiger partial charge in [-0.15, -0.1) is 0 Å². The molecule has 1 nitrogen and oxygen atoms in total. The van der Waals surface area contributed by atoms with Gasteiger partial charge in [-0.3, -0.25) is 0 Å². The van der Waals surface area contributed by atoms with Crippen LogP contribution in [0.3, 0.4) is 0 Å². The first-order valence-corrected chi connectivity index (χ1v) is 8.53. The van der Waals surface area contributed by atoms with E-state index in [0.717, 1.165) is 5.75 Å². The predicted octanol–water partition coefficient (Wildman–Crippen LogP) is 4.46. The molecule has 0 saturated carbocycles. The molecule has 1 rings (SSSR count). The third-order valence-electron chi connectivity index (χ3n) is 3.07. The lowest BCUT2D eigenvalue weighted by Crippen LogP contribution is -2.39. The summed E-state index contributed by atoms with van der Waals surface area (Å²) < 4.78 is 6.28. The van der Waals surface area contributed by atoms with Gasteiger partial charge >= 0.3 is 0 Å². The third kappa shape index (κ3) is 3.38. The smallest absolute Gasteiger partial charge is 0.250 e. The SMILES string of the molecule is CCC[Si](CC)(CC)Oc1ccccc1. The van der Waals surface area contributed by atoms with Gasteiger partial charge in [0, 0.05) is 0 Å². The molecule has 0 bridgehead atoms. The minimum absolute atomic E-state index is 1.06. The van der Waals surface area contributed by atoms with E-state index >= 15 is 0 Å². The average Bonchev–Trinajstić information content (AvgIpc) is 2.30. The van der Waals surface area contributed by atoms with Crippen LogP contribution in [-0.2, 0) is 0 Å². The van der Waals surface area contributed by atoms with Crippen molar-refractivity contribution in [3.05, 3.63) is 30.3 Å². The topological polar surface area (TPSA) is 9.23 Å². The highest BCUT2D eigenvalue weighted by molar-refractivity contribution is 6.74. The molecule has 0 aliphatic heterocycles. The molecule has 1 aromatic carbocycles. The van der Waals surface area contributed by atoms with Crippen molar-refractivity contribution in [2.75, 3.05) is 0 Å². The molecule has 0 radical (unpaired) electrons. The summed E-state index contributed by atoms with van der Waals surface area (Å²) in [7, 11) is -1.48. The molecule has 84 valence electrons. The largest absolute Gasteiger partial charge is 0.543 e. The van der Waals surface area contributed by atoms with Gasteiger partial charge in [-0.1, -0.05) is 45.4 Å². The Morgan fingerprint density at radius 1 is 1.00 bits per heavy atom. The van der Waals surface area contributed by atoms with Crippen molar-refractivity contribution >= 4 is 8.32 Å². The molecule has 2 heteroatoms. The predicted molar refractivity (Wildman–Crippen MR) is 68.9 cm³/mol. The van der Waals surface area contributed by atoms with Crippen LogP contribution in [0.2, 0.25) is 18.1 Å². The molecule has 0 aromatic heterocycles. The van der Waals surface area contributed by atoms with Crippen molar-refractivity contribution < 1.29 is 4.43 Å². The minimum Gasteiger partial charge on any atom is -0.543 e. The molecule has 0 fully saturated rings. The molecule has 0 heterocycles. The Morgan fingerprint density at radius 3 is 2.07 bits per heavy atom. The molecule has 0 spiro atoms. The maximum absolute atomic E-state index is 6.28. The summed E-state index contributed by atoms with van der Waals surface area (Å²) in [6.07, 6.45) is 1.24. The number of rotatable bonds is 6. The summed E-state index contributed by atoms with van der Waals surface area (Å²) in [5.41, 5.74) is 0. The molecule has 0 amide bonds. The van der Waals surface area contributed by atoms with Crippen LogP contribution in [0.25, 0.3) is 0 Å². The lowest BCUT2D eigenvalue weighted by atomic mass is 10.3. The lowest BCUT2D eigenvalue weighted by molar-refractivity contribution is 0.527. The van der Waals surface area contributed by atoms with E-state index in [1.54, 1.807) is 0 Å². The van der Waals surface area contributed by atoms with E-state index in [4.69, 9.17) is 4.43 Å². The van der Waals surface area contributed by atoms with Crippen molar-refractivity contribution in [1.82, 2.24) is 0 Å². The second-order valence-corrected chi connectivity index (χ2v) is 8.54. The zero-order valence-electron chi connectivity index (χ0n) is 10.1. The Bertz CT molecular complexity index is 267. The van der Waals surface area contributed by atoms with Crippen LogP contribution in [0.5, 0.6) is 5.75 Å². The van der Waals surface area contributed by atoms with E-state index in [9.17, 15) is 0 Å². The van der Waals surface area contributed by atoms with Crippen LogP contribution in [0.4, 0.5) is 0 Å². The molecule has 0 unspecified atom stereocenters. The molecule has 0 aliphatic rings. The molecule has 15 heavy (non-hydrogen) atoms. The van der Waals surface area contributed by atoms with Gasteiger partial charge in [-0.05, 0) is 30.3 Å². The fourth-order valence-corrected chi connectivity index (χ4v) is 5.14. The normalized spacial score (nSPS) is 11.4. The van der Waals surface area contributed by atoms with Crippen LogP contribution < -0.4 is 4.43 Å². The second-order valence-electron chi connectivity index (χ2n) is 4.06. The number of hydrogen-bond donors (Lipinski definition) is 0. The number of hydrogen-bond acceptors (Lipinski definition) is 1. The molecule has 0 atom stereocenters. The summed E-state index contributed by atoms with van der Waals surface area (Å²) in [5, 5.41) is 0. The Labute approximate surface area is 94.6 Å². The minimum atomic E-state index is -1.48. The maximum atomic E-state index is 6.28. The lowest BCUT2D eigenvalue weighted by Gasteiger charge is -2.29. The highest BCUT2D eigenvalue weighted by atomic mass is 28.4. The molecule has 1 aromatic rings. The number of benzene rings is 1. The highest BCUT2D eigenvalue weighted by Gasteiger charge is 2.31. The Hall–Kier alpha value is -0.763. The van der Waals surface area contributed by atoms with Crippen molar-refractivity contribution in [1.29, 1.82) is 0 Å². The Kier molecular flexibility index (Phi) is 4.89. The standard InChI is InChI=1S/C13H22OSi/c1-4-12-15(5-2,6-3)14-13-10-8-7-9-11-13/h7-11H,4-6,12H2,1-3H3. The van der Waals surface area contributed by atoms with Crippen molar-refractivity contribution in [2.24, 2.45) is 0 Å². The maximum Gasteiger partial charge on any atom is 0.250 e. The van der Waals surface area contributed by atoms with E-state index in [0.29, 0.717) is 0 Å². The Balaban J connectivity index is 2.74. The molecule has 0 N–H and O–H groups in total. The molecular weight excluding hydrogens is 200 g/mol. The van der Waals surface area contributed by atoms with Crippen LogP contribution in [0, 0.1) is 0 Å². The van der Waals surface area contributed by atoms with Crippen LogP contribution in [0.15, 0.2) is 30.3 Å². The van der Waals surface area contributed by atoms with Gasteiger partial charge in [-0.25, -0.2) is 0 Å². The summed E-state index contributed by atoms with van der Waals surface area (Å²) in [4.78, 5) is 0. The summed E-state index contributed by atoms with van der Waals surface area (Å²) in [6, 6.07) is 14.0. The van der Waals surface area contributed by atoms with Crippen LogP contribution >= 0.6 is 0 Å². The van der Waals surface area contributed by atoms with Crippen LogP contribution in [-0.4, -0.2) is 8.32 Å². The summed E-state index contributed by atoms with van der Waals surface area (Å²) in [6.45, 7) is 6.80. The quantitative estimate of drug-likeness (QED) is 0.646. The van der Waals surface area contributed by atoms with Gasteiger partial charge < -0.3 is 4.43 Å². The second kappa shape index (κ2) is 5.96. The molecular formula is C13H22OSi. The first-order valence-electron chi connectivity index (χ1n) is 6.00. The number of para-hydroxylation sites is 1. The van der Waals surface area contributed by atoms with Gasteiger partial charge in [-0.2, -0.15) is 0 Å². The van der Waals surface area contributed by atoms with Gasteiger partial charge in [0.15, 0.2) is 0 Å². The zero-order valence-corrected chi connectivity index (χ0v) is 11.1. The van der Waals surface area contributed by atoms with E-state index in [-0.39, 0.29) is 0 Å². The van der Waals surface area contributed by atoms with Crippen molar-refractivity contribution in [3.8, 4) is 5.75 Å². The first-order chi connectivity index (χ1) is 7.26. The molecule has 0 aliphatic carbocycles. The van der Waals surface area contributed by atoms with Crippen molar-refractivity contribution in [2.45, 2.75) is 45.3 Å². The summed E-state index contributed by atoms with van der Waals surface area (Å²) in [5.74, 6) is 1.06. The van der Waals surface area contributed by atoms with E-state index in [1.165, 1.54) is 24.6 Å². The Morgan fingerprint density at radius 2 is 1.60 bits per heavy atom. The fourth-order valence-electron chi connectivity index (χ4n) is 1.99. The van der Waals surface area contributed by atoms with Gasteiger partial charge in [0.05, 0.1) is 0 Å². The molecule has 0 saturated heterocycles. The zero-order chi connectivity index (χ0) is 11.1. The first kappa shape index (κ1) is 12.3. The van der Waals surface area contributed by atoms with E-state index < -0.39 is 8.32 Å². The van der Waals surface area contributed by atoms with E-state index in [2.05, 4.69) is 32.9 Å². The van der Waals surface area contributed by atoms with Gasteiger partial charge in [0.25, 0.3) is 8.32 Å². The monoisotopic (exact) mass is 222 g/mol. The van der Waals surface area contributed by atoms with Gasteiger partial charge in [0.2, 0.25) is 0 Å². The summed E-state index contributed by atoms with van der Waals surface area (Å²) >= 11 is 0.